The summed E-state index contributed by atoms with van der Waals surface area (Å²) in [5.74, 6) is -0.0692. The molecule has 0 saturated heterocycles. The van der Waals surface area contributed by atoms with Gasteiger partial charge in [-0.15, -0.1) is 11.3 Å². The van der Waals surface area contributed by atoms with Crippen molar-refractivity contribution < 1.29 is 12.2 Å². The van der Waals surface area contributed by atoms with E-state index in [9.17, 15) is 4.79 Å². The van der Waals surface area contributed by atoms with Crippen LogP contribution in [0.5, 0.6) is 5.75 Å². The molecule has 0 unspecified atom stereocenters. The van der Waals surface area contributed by atoms with Crippen LogP contribution < -0.4 is 10.2 Å². The summed E-state index contributed by atoms with van der Waals surface area (Å²) in [6.07, 6.45) is 0. The van der Waals surface area contributed by atoms with Crippen LogP contribution in [0.15, 0.2) is 35.1 Å². The lowest BCUT2D eigenvalue weighted by molar-refractivity contribution is 0.170. The molecule has 0 spiro atoms. The topological polar surface area (TPSA) is 35.5 Å². The number of fused-ring (bicyclic) bond motifs is 2. The number of ether oxygens (including phenoxy) is 1. The van der Waals surface area contributed by atoms with Gasteiger partial charge in [-0.1, -0.05) is 12.1 Å². The van der Waals surface area contributed by atoms with Crippen LogP contribution in [0.25, 0.3) is 20.2 Å². The predicted octanol–water partition coefficient (Wildman–Crippen LogP) is 5.16. The zero-order chi connectivity index (χ0) is 16.8. The Morgan fingerprint density at radius 2 is 1.96 bits per heavy atom. The Labute approximate surface area is 150 Å². The van der Waals surface area contributed by atoms with Crippen LogP contribution in [0.3, 0.4) is 0 Å². The first-order valence-electron chi connectivity index (χ1n) is 6.93. The number of benzene rings is 2. The van der Waals surface area contributed by atoms with E-state index in [0.29, 0.717) is 21.4 Å². The summed E-state index contributed by atoms with van der Waals surface area (Å²) < 4.78 is 27.2. The SMILES string of the molecule is COc1cc(C(C)(C)OI)c(F)c2c(=O)c3ccccc3sc12. The van der Waals surface area contributed by atoms with Crippen LogP contribution in [0.4, 0.5) is 4.39 Å². The monoisotopic (exact) mass is 444 g/mol. The van der Waals surface area contributed by atoms with Gasteiger partial charge in [-0.25, -0.2) is 4.39 Å². The Hall–Kier alpha value is -1.25. The minimum Gasteiger partial charge on any atom is -0.495 e. The smallest absolute Gasteiger partial charge is 0.198 e. The second kappa shape index (κ2) is 5.99. The minimum atomic E-state index is -0.880. The Kier molecular flexibility index (Phi) is 4.33. The molecule has 0 radical (unpaired) electrons. The molecule has 0 aliphatic rings. The van der Waals surface area contributed by atoms with Crippen molar-refractivity contribution in [2.75, 3.05) is 7.11 Å². The zero-order valence-electron chi connectivity index (χ0n) is 12.8. The molecule has 1 aromatic heterocycles. The maximum atomic E-state index is 15.1. The number of methoxy groups -OCH3 is 1. The van der Waals surface area contributed by atoms with Crippen molar-refractivity contribution in [1.82, 2.24) is 0 Å². The highest BCUT2D eigenvalue weighted by atomic mass is 127. The third-order valence-electron chi connectivity index (χ3n) is 3.81. The molecule has 0 fully saturated rings. The van der Waals surface area contributed by atoms with Crippen molar-refractivity contribution in [3.05, 3.63) is 51.9 Å². The highest BCUT2D eigenvalue weighted by molar-refractivity contribution is 14.1. The van der Waals surface area contributed by atoms with E-state index in [0.717, 1.165) is 4.70 Å². The minimum absolute atomic E-state index is 0.0598. The van der Waals surface area contributed by atoms with Crippen LogP contribution >= 0.6 is 34.3 Å². The van der Waals surface area contributed by atoms with E-state index in [2.05, 4.69) is 0 Å². The third kappa shape index (κ3) is 2.62. The summed E-state index contributed by atoms with van der Waals surface area (Å²) in [4.78, 5) is 12.8. The fraction of sp³-hybridized carbons (Fsp3) is 0.235. The van der Waals surface area contributed by atoms with Crippen molar-refractivity contribution in [2.45, 2.75) is 19.4 Å². The summed E-state index contributed by atoms with van der Waals surface area (Å²) >= 11 is 3.09. The van der Waals surface area contributed by atoms with Gasteiger partial charge in [0, 0.05) is 15.6 Å². The van der Waals surface area contributed by atoms with Gasteiger partial charge in [0.2, 0.25) is 0 Å². The quantitative estimate of drug-likeness (QED) is 0.414. The van der Waals surface area contributed by atoms with Gasteiger partial charge in [0.25, 0.3) is 0 Å². The molecule has 1 heterocycles. The fourth-order valence-electron chi connectivity index (χ4n) is 2.54. The van der Waals surface area contributed by atoms with Crippen molar-refractivity contribution in [3.63, 3.8) is 0 Å². The molecule has 0 amide bonds. The van der Waals surface area contributed by atoms with E-state index in [1.54, 1.807) is 55.1 Å². The highest BCUT2D eigenvalue weighted by Gasteiger charge is 2.29. The summed E-state index contributed by atoms with van der Waals surface area (Å²) in [6, 6.07) is 8.81. The predicted molar refractivity (Wildman–Crippen MR) is 100 cm³/mol. The molecule has 0 atom stereocenters. The van der Waals surface area contributed by atoms with E-state index in [-0.39, 0.29) is 10.8 Å². The van der Waals surface area contributed by atoms with E-state index >= 15 is 4.39 Å². The van der Waals surface area contributed by atoms with Crippen LogP contribution in [-0.2, 0) is 8.67 Å². The van der Waals surface area contributed by atoms with Crippen LogP contribution in [0.1, 0.15) is 19.4 Å². The van der Waals surface area contributed by atoms with E-state index in [1.807, 2.05) is 12.1 Å². The first-order valence-corrected chi connectivity index (χ1v) is 8.62. The van der Waals surface area contributed by atoms with E-state index in [1.165, 1.54) is 18.4 Å². The number of hydrogen-bond donors (Lipinski definition) is 0. The van der Waals surface area contributed by atoms with Gasteiger partial charge in [0.05, 0.1) is 17.2 Å². The van der Waals surface area contributed by atoms with Gasteiger partial charge in [0.15, 0.2) is 5.43 Å². The summed E-state index contributed by atoms with van der Waals surface area (Å²) in [6.45, 7) is 3.50. The number of rotatable bonds is 3. The zero-order valence-corrected chi connectivity index (χ0v) is 15.7. The summed E-state index contributed by atoms with van der Waals surface area (Å²) in [5.41, 5.74) is -0.901. The first-order chi connectivity index (χ1) is 10.9. The molecule has 23 heavy (non-hydrogen) atoms. The lowest BCUT2D eigenvalue weighted by Crippen LogP contribution is -2.20. The van der Waals surface area contributed by atoms with Crippen molar-refractivity contribution in [2.24, 2.45) is 0 Å². The molecule has 3 rings (SSSR count). The Morgan fingerprint density at radius 1 is 1.26 bits per heavy atom. The maximum absolute atomic E-state index is 15.1. The van der Waals surface area contributed by atoms with Gasteiger partial charge >= 0.3 is 0 Å². The average Bonchev–Trinajstić information content (AvgIpc) is 2.55. The van der Waals surface area contributed by atoms with Crippen LogP contribution in [0.2, 0.25) is 0 Å². The fourth-order valence-corrected chi connectivity index (χ4v) is 3.94. The molecular formula is C17H14FIO3S. The second-order valence-electron chi connectivity index (χ2n) is 5.66. The molecule has 6 heteroatoms. The molecule has 2 aromatic carbocycles. The largest absolute Gasteiger partial charge is 0.495 e. The molecule has 0 aliphatic heterocycles. The van der Waals surface area contributed by atoms with Gasteiger partial charge < -0.3 is 7.80 Å². The van der Waals surface area contributed by atoms with E-state index in [4.69, 9.17) is 7.80 Å². The molecule has 3 aromatic rings. The van der Waals surface area contributed by atoms with Gasteiger partial charge in [-0.05, 0) is 32.0 Å². The number of hydrogen-bond acceptors (Lipinski definition) is 4. The third-order valence-corrected chi connectivity index (χ3v) is 6.10. The van der Waals surface area contributed by atoms with E-state index < -0.39 is 11.4 Å². The van der Waals surface area contributed by atoms with Crippen molar-refractivity contribution in [3.8, 4) is 5.75 Å². The van der Waals surface area contributed by atoms with Gasteiger partial charge in [0.1, 0.15) is 40.2 Å². The molecule has 120 valence electrons. The lowest BCUT2D eigenvalue weighted by Gasteiger charge is -2.23. The average molecular weight is 444 g/mol. The number of halogens is 2. The van der Waals surface area contributed by atoms with Crippen molar-refractivity contribution in [1.29, 1.82) is 0 Å². The van der Waals surface area contributed by atoms with Crippen molar-refractivity contribution >= 4 is 54.5 Å². The summed E-state index contributed by atoms with van der Waals surface area (Å²) in [7, 11) is 1.51. The normalized spacial score (nSPS) is 12.0. The highest BCUT2D eigenvalue weighted by Crippen LogP contribution is 2.39. The Balaban J connectivity index is 2.55. The molecule has 0 saturated carbocycles. The standard InChI is InChI=1S/C17H14FIO3S/c1-17(2,22-19)10-8-11(21-3)16-13(14(10)18)15(20)9-6-4-5-7-12(9)23-16/h4-8H,1-3H3. The second-order valence-corrected chi connectivity index (χ2v) is 7.15. The Morgan fingerprint density at radius 3 is 2.61 bits per heavy atom. The van der Waals surface area contributed by atoms with Gasteiger partial charge in [-0.2, -0.15) is 0 Å². The van der Waals surface area contributed by atoms with Crippen LogP contribution in [0, 0.1) is 5.82 Å². The molecule has 3 nitrogen and oxygen atoms in total. The molecule has 0 bridgehead atoms. The Bertz CT molecular complexity index is 965. The van der Waals surface area contributed by atoms with Crippen LogP contribution in [-0.4, -0.2) is 7.11 Å². The maximum Gasteiger partial charge on any atom is 0.198 e. The lowest BCUT2D eigenvalue weighted by atomic mass is 9.95. The molecule has 0 aliphatic carbocycles. The van der Waals surface area contributed by atoms with Gasteiger partial charge in [-0.3, -0.25) is 4.79 Å². The first kappa shape index (κ1) is 16.6. The molecule has 0 N–H and O–H groups in total. The molecular weight excluding hydrogens is 430 g/mol. The summed E-state index contributed by atoms with van der Waals surface area (Å²) in [5, 5.41) is 0.570.